The van der Waals surface area contributed by atoms with Gasteiger partial charge in [0.25, 0.3) is 12.5 Å². The van der Waals surface area contributed by atoms with Crippen LogP contribution in [-0.2, 0) is 5.41 Å². The summed E-state index contributed by atoms with van der Waals surface area (Å²) in [7, 11) is 0. The molecule has 14 heteroatoms. The van der Waals surface area contributed by atoms with Crippen LogP contribution in [0.5, 0.6) is 11.5 Å². The highest BCUT2D eigenvalue weighted by Crippen LogP contribution is 2.60. The van der Waals surface area contributed by atoms with Crippen molar-refractivity contribution in [1.82, 2.24) is 0 Å². The number of hydrogen-bond donors (Lipinski definition) is 2. The Morgan fingerprint density at radius 1 is 0.727 bits per heavy atom. The lowest BCUT2D eigenvalue weighted by Crippen LogP contribution is -2.55. The zero-order chi connectivity index (χ0) is 25.2. The van der Waals surface area contributed by atoms with Crippen molar-refractivity contribution >= 4 is 11.9 Å². The third-order valence-corrected chi connectivity index (χ3v) is 4.43. The summed E-state index contributed by atoms with van der Waals surface area (Å²) in [4.78, 5) is 22.3. The number of hydrogen-bond acceptors (Lipinski definition) is 6. The number of rotatable bonds is 6. The first-order valence-corrected chi connectivity index (χ1v) is 8.23. The van der Waals surface area contributed by atoms with Crippen LogP contribution in [0.3, 0.4) is 0 Å². The minimum Gasteiger partial charge on any atom is -0.478 e. The van der Waals surface area contributed by atoms with Crippen molar-refractivity contribution < 1.29 is 55.6 Å². The van der Waals surface area contributed by atoms with Crippen LogP contribution in [0.15, 0.2) is 36.4 Å². The number of nitrogens with zero attached hydrogens (tertiary/aromatic N) is 2. The van der Waals surface area contributed by atoms with Crippen LogP contribution in [0.25, 0.3) is 0 Å². The Morgan fingerprint density at radius 2 is 1.06 bits per heavy atom. The highest BCUT2D eigenvalue weighted by atomic mass is 19.4. The lowest BCUT2D eigenvalue weighted by molar-refractivity contribution is -0.289. The molecule has 0 aromatic heterocycles. The molecule has 0 aliphatic heterocycles. The van der Waals surface area contributed by atoms with Gasteiger partial charge in [-0.1, -0.05) is 12.1 Å². The molecule has 33 heavy (non-hydrogen) atoms. The van der Waals surface area contributed by atoms with Gasteiger partial charge in [-0.2, -0.15) is 26.3 Å². The van der Waals surface area contributed by atoms with Gasteiger partial charge < -0.3 is 19.7 Å². The Balaban J connectivity index is 3.14. The molecule has 2 N–H and O–H groups in total. The Kier molecular flexibility index (Phi) is 6.45. The summed E-state index contributed by atoms with van der Waals surface area (Å²) in [5, 5.41) is 35.5. The molecule has 2 aromatic carbocycles. The maximum Gasteiger partial charge on any atom is 0.411 e. The van der Waals surface area contributed by atoms with Crippen molar-refractivity contribution in [1.29, 1.82) is 10.5 Å². The Morgan fingerprint density at radius 3 is 1.30 bits per heavy atom. The number of carbonyl (C=O) groups is 2. The molecule has 2 aromatic rings. The third-order valence-electron chi connectivity index (χ3n) is 4.43. The van der Waals surface area contributed by atoms with Gasteiger partial charge in [0.05, 0.1) is 11.1 Å². The molecule has 8 nitrogen and oxygen atoms in total. The fourth-order valence-corrected chi connectivity index (χ4v) is 3.11. The van der Waals surface area contributed by atoms with Gasteiger partial charge in [0.15, 0.2) is 0 Å². The standard InChI is InChI=1S/C19H8F6N2O6/c20-18(21,22)17(19(23,24)25,11-3-1-9(15(28)29)5-13(11)32-7-26)12-4-2-10(16(30)31)6-14(12)33-8-27/h1-6H,(H,28,29)(H,30,31). The quantitative estimate of drug-likeness (QED) is 0.469. The Labute approximate surface area is 179 Å². The topological polar surface area (TPSA) is 141 Å². The molecule has 0 radical (unpaired) electrons. The van der Waals surface area contributed by atoms with E-state index >= 15 is 0 Å². The van der Waals surface area contributed by atoms with E-state index in [0.29, 0.717) is 12.1 Å². The second-order valence-corrected chi connectivity index (χ2v) is 6.16. The van der Waals surface area contributed by atoms with E-state index in [0.717, 1.165) is 12.5 Å². The van der Waals surface area contributed by atoms with E-state index in [1.165, 1.54) is 0 Å². The van der Waals surface area contributed by atoms with Crippen molar-refractivity contribution in [2.45, 2.75) is 17.8 Å². The van der Waals surface area contributed by atoms with Crippen LogP contribution in [0, 0.1) is 23.0 Å². The second-order valence-electron chi connectivity index (χ2n) is 6.16. The minimum atomic E-state index is -6.25. The summed E-state index contributed by atoms with van der Waals surface area (Å²) in [5.41, 5.74) is -10.1. The summed E-state index contributed by atoms with van der Waals surface area (Å²) < 4.78 is 94.7. The van der Waals surface area contributed by atoms with Crippen molar-refractivity contribution in [2.24, 2.45) is 0 Å². The van der Waals surface area contributed by atoms with Gasteiger partial charge in [0, 0.05) is 11.1 Å². The number of carboxylic acid groups (broad SMARTS) is 2. The molecule has 0 aliphatic carbocycles. The smallest absolute Gasteiger partial charge is 0.411 e. The summed E-state index contributed by atoms with van der Waals surface area (Å²) >= 11 is 0. The molecule has 0 saturated heterocycles. The number of aromatic carboxylic acids is 2. The van der Waals surface area contributed by atoms with E-state index in [1.54, 1.807) is 0 Å². The fraction of sp³-hybridized carbons (Fsp3) is 0.158. The van der Waals surface area contributed by atoms with E-state index in [2.05, 4.69) is 9.47 Å². The first kappa shape index (κ1) is 24.8. The largest absolute Gasteiger partial charge is 0.478 e. The fourth-order valence-electron chi connectivity index (χ4n) is 3.11. The molecule has 0 atom stereocenters. The van der Waals surface area contributed by atoms with E-state index in [4.69, 9.17) is 20.7 Å². The van der Waals surface area contributed by atoms with Gasteiger partial charge in [-0.3, -0.25) is 0 Å². The molecule has 0 heterocycles. The summed E-state index contributed by atoms with van der Waals surface area (Å²) in [5.74, 6) is -6.27. The zero-order valence-corrected chi connectivity index (χ0v) is 15.7. The average molecular weight is 474 g/mol. The van der Waals surface area contributed by atoms with Crippen molar-refractivity contribution in [3.8, 4) is 24.0 Å². The van der Waals surface area contributed by atoms with Gasteiger partial charge in [-0.05, 0) is 24.3 Å². The summed E-state index contributed by atoms with van der Waals surface area (Å²) in [6.07, 6.45) is -10.7. The Bertz CT molecular complexity index is 1100. The molecule has 0 fully saturated rings. The van der Waals surface area contributed by atoms with Crippen LogP contribution in [-0.4, -0.2) is 34.5 Å². The number of nitriles is 2. The summed E-state index contributed by atoms with van der Waals surface area (Å²) in [6, 6.07) is 1.71. The van der Waals surface area contributed by atoms with Gasteiger partial charge >= 0.3 is 24.3 Å². The normalized spacial score (nSPS) is 11.8. The van der Waals surface area contributed by atoms with Gasteiger partial charge in [-0.25, -0.2) is 9.59 Å². The highest BCUT2D eigenvalue weighted by Gasteiger charge is 2.74. The van der Waals surface area contributed by atoms with E-state index in [1.807, 2.05) is 0 Å². The predicted octanol–water partition coefficient (Wildman–Crippen LogP) is 4.21. The molecule has 0 unspecified atom stereocenters. The molecular formula is C19H8F6N2O6. The van der Waals surface area contributed by atoms with Crippen molar-refractivity contribution in [2.75, 3.05) is 0 Å². The van der Waals surface area contributed by atoms with E-state index < -0.39 is 63.5 Å². The summed E-state index contributed by atoms with van der Waals surface area (Å²) in [6.45, 7) is 0. The molecule has 172 valence electrons. The number of alkyl halides is 6. The Hall–Kier alpha value is -4.46. The third kappa shape index (κ3) is 4.18. The SMILES string of the molecule is N#COc1cc(C(=O)O)ccc1C(c1ccc(C(=O)O)cc1OC#N)(C(F)(F)F)C(F)(F)F. The lowest BCUT2D eigenvalue weighted by Gasteiger charge is -2.39. The number of benzene rings is 2. The molecule has 0 bridgehead atoms. The van der Waals surface area contributed by atoms with Crippen LogP contribution in [0.2, 0.25) is 0 Å². The van der Waals surface area contributed by atoms with Gasteiger partial charge in [0.1, 0.15) is 11.5 Å². The molecule has 2 rings (SSSR count). The van der Waals surface area contributed by atoms with Gasteiger partial charge in [-0.15, -0.1) is 10.5 Å². The highest BCUT2D eigenvalue weighted by molar-refractivity contribution is 5.89. The van der Waals surface area contributed by atoms with Crippen molar-refractivity contribution in [3.63, 3.8) is 0 Å². The van der Waals surface area contributed by atoms with Crippen LogP contribution >= 0.6 is 0 Å². The maximum atomic E-state index is 14.4. The zero-order valence-electron chi connectivity index (χ0n) is 15.7. The number of halogens is 6. The van der Waals surface area contributed by atoms with Crippen LogP contribution in [0.1, 0.15) is 31.8 Å². The second kappa shape index (κ2) is 8.58. The predicted molar refractivity (Wildman–Crippen MR) is 92.2 cm³/mol. The molecular weight excluding hydrogens is 466 g/mol. The molecule has 0 aliphatic rings. The lowest BCUT2D eigenvalue weighted by atomic mass is 9.71. The van der Waals surface area contributed by atoms with Gasteiger partial charge in [0.2, 0.25) is 5.41 Å². The minimum absolute atomic E-state index is 0.151. The monoisotopic (exact) mass is 474 g/mol. The van der Waals surface area contributed by atoms with Crippen LogP contribution in [0.4, 0.5) is 26.3 Å². The number of carboxylic acids is 2. The first-order valence-electron chi connectivity index (χ1n) is 8.23. The van der Waals surface area contributed by atoms with E-state index in [9.17, 15) is 35.9 Å². The molecule has 0 saturated carbocycles. The van der Waals surface area contributed by atoms with Crippen molar-refractivity contribution in [3.05, 3.63) is 58.7 Å². The average Bonchev–Trinajstić information content (AvgIpc) is 2.68. The number of ether oxygens (including phenoxy) is 2. The molecule has 0 spiro atoms. The maximum absolute atomic E-state index is 14.4. The first-order chi connectivity index (χ1) is 15.2. The van der Waals surface area contributed by atoms with Crippen LogP contribution < -0.4 is 9.47 Å². The molecule has 0 amide bonds. The van der Waals surface area contributed by atoms with E-state index in [-0.39, 0.29) is 24.3 Å².